The molecule has 98 valence electrons. The first-order valence-electron chi connectivity index (χ1n) is 6.79. The molecule has 4 nitrogen and oxygen atoms in total. The minimum absolute atomic E-state index is 0.803. The second-order valence-electron chi connectivity index (χ2n) is 5.31. The fourth-order valence-electron chi connectivity index (χ4n) is 1.78. The van der Waals surface area contributed by atoms with E-state index in [0.717, 1.165) is 44.1 Å². The van der Waals surface area contributed by atoms with Crippen molar-refractivity contribution in [2.45, 2.75) is 25.7 Å². The highest BCUT2D eigenvalue weighted by molar-refractivity contribution is 5.79. The van der Waals surface area contributed by atoms with Gasteiger partial charge in [-0.2, -0.15) is 0 Å². The zero-order chi connectivity index (χ0) is 12.1. The third-order valence-corrected chi connectivity index (χ3v) is 3.44. The molecular weight excluding hydrogens is 214 g/mol. The lowest BCUT2D eigenvalue weighted by Crippen LogP contribution is -2.41. The van der Waals surface area contributed by atoms with Gasteiger partial charge in [0.1, 0.15) is 0 Å². The second-order valence-corrected chi connectivity index (χ2v) is 5.31. The molecule has 2 aliphatic carbocycles. The smallest absolute Gasteiger partial charge is 0.193 e. The molecule has 2 saturated carbocycles. The molecule has 1 N–H and O–H groups in total. The van der Waals surface area contributed by atoms with Crippen molar-refractivity contribution in [3.63, 3.8) is 0 Å². The third-order valence-electron chi connectivity index (χ3n) is 3.44. The monoisotopic (exact) mass is 239 g/mol. The number of likely N-dealkylation sites (N-methyl/N-ethyl adjacent to an activating group) is 1. The number of ether oxygens (including phenoxy) is 1. The van der Waals surface area contributed by atoms with Crippen molar-refractivity contribution in [3.8, 4) is 0 Å². The summed E-state index contributed by atoms with van der Waals surface area (Å²) in [6, 6.07) is 0. The maximum atomic E-state index is 5.64. The molecule has 0 heterocycles. The minimum Gasteiger partial charge on any atom is -0.379 e. The Balaban J connectivity index is 1.55. The highest BCUT2D eigenvalue weighted by Crippen LogP contribution is 2.28. The maximum Gasteiger partial charge on any atom is 0.193 e. The lowest BCUT2D eigenvalue weighted by molar-refractivity contribution is 0.115. The van der Waals surface area contributed by atoms with E-state index in [1.807, 2.05) is 7.05 Å². The first-order chi connectivity index (χ1) is 8.29. The Morgan fingerprint density at radius 1 is 1.29 bits per heavy atom. The van der Waals surface area contributed by atoms with Crippen LogP contribution in [0.1, 0.15) is 25.7 Å². The molecule has 0 atom stereocenters. The molecule has 2 fully saturated rings. The van der Waals surface area contributed by atoms with Gasteiger partial charge >= 0.3 is 0 Å². The van der Waals surface area contributed by atoms with E-state index in [1.165, 1.54) is 25.7 Å². The van der Waals surface area contributed by atoms with E-state index in [4.69, 9.17) is 4.74 Å². The molecule has 0 radical (unpaired) electrons. The van der Waals surface area contributed by atoms with Gasteiger partial charge in [-0.05, 0) is 37.5 Å². The van der Waals surface area contributed by atoms with Crippen molar-refractivity contribution in [2.24, 2.45) is 16.8 Å². The maximum absolute atomic E-state index is 5.64. The molecule has 0 spiro atoms. The van der Waals surface area contributed by atoms with Crippen molar-refractivity contribution < 1.29 is 4.74 Å². The second kappa shape index (κ2) is 6.24. The Morgan fingerprint density at radius 3 is 2.59 bits per heavy atom. The van der Waals surface area contributed by atoms with Gasteiger partial charge in [-0.25, -0.2) is 0 Å². The molecule has 0 unspecified atom stereocenters. The first kappa shape index (κ1) is 12.7. The summed E-state index contributed by atoms with van der Waals surface area (Å²) in [7, 11) is 3.92. The van der Waals surface area contributed by atoms with Gasteiger partial charge in [0.15, 0.2) is 5.96 Å². The van der Waals surface area contributed by atoms with E-state index in [9.17, 15) is 0 Å². The summed E-state index contributed by atoms with van der Waals surface area (Å²) in [5.41, 5.74) is 0. The van der Waals surface area contributed by atoms with Crippen LogP contribution in [0, 0.1) is 11.8 Å². The zero-order valence-electron chi connectivity index (χ0n) is 11.1. The van der Waals surface area contributed by atoms with E-state index in [0.29, 0.717) is 0 Å². The average molecular weight is 239 g/mol. The van der Waals surface area contributed by atoms with Crippen molar-refractivity contribution in [2.75, 3.05) is 40.4 Å². The summed E-state index contributed by atoms with van der Waals surface area (Å²) in [6.45, 7) is 3.73. The van der Waals surface area contributed by atoms with Crippen LogP contribution in [-0.2, 0) is 4.74 Å². The summed E-state index contributed by atoms with van der Waals surface area (Å²) in [4.78, 5) is 6.44. The Morgan fingerprint density at radius 2 is 2.00 bits per heavy atom. The quantitative estimate of drug-likeness (QED) is 0.414. The summed E-state index contributed by atoms with van der Waals surface area (Å²) < 4.78 is 5.64. The minimum atomic E-state index is 0.803. The van der Waals surface area contributed by atoms with Crippen LogP contribution in [0.15, 0.2) is 4.99 Å². The van der Waals surface area contributed by atoms with Gasteiger partial charge in [0.2, 0.25) is 0 Å². The summed E-state index contributed by atoms with van der Waals surface area (Å²) >= 11 is 0. The van der Waals surface area contributed by atoms with E-state index < -0.39 is 0 Å². The Bertz CT molecular complexity index is 259. The van der Waals surface area contributed by atoms with Crippen LogP contribution in [0.25, 0.3) is 0 Å². The third kappa shape index (κ3) is 4.94. The van der Waals surface area contributed by atoms with Gasteiger partial charge in [-0.1, -0.05) is 0 Å². The number of hydrogen-bond acceptors (Lipinski definition) is 2. The molecule has 0 aliphatic heterocycles. The Hall–Kier alpha value is -0.770. The normalized spacial score (nSPS) is 20.5. The molecular formula is C13H25N3O. The van der Waals surface area contributed by atoms with Gasteiger partial charge in [0.25, 0.3) is 0 Å². The van der Waals surface area contributed by atoms with Gasteiger partial charge in [0.05, 0.1) is 6.61 Å². The van der Waals surface area contributed by atoms with Crippen molar-refractivity contribution in [1.29, 1.82) is 0 Å². The standard InChI is InChI=1S/C13H25N3O/c1-14-13(15-9-11-3-4-11)16(2)7-8-17-10-12-5-6-12/h11-12H,3-10H2,1-2H3,(H,14,15). The lowest BCUT2D eigenvalue weighted by Gasteiger charge is -2.21. The van der Waals surface area contributed by atoms with E-state index in [1.54, 1.807) is 0 Å². The molecule has 2 aliphatic rings. The number of aliphatic imine (C=N–C) groups is 1. The molecule has 4 heteroatoms. The van der Waals surface area contributed by atoms with Crippen LogP contribution in [0.4, 0.5) is 0 Å². The van der Waals surface area contributed by atoms with E-state index in [-0.39, 0.29) is 0 Å². The summed E-state index contributed by atoms with van der Waals surface area (Å²) in [6.07, 6.45) is 5.47. The van der Waals surface area contributed by atoms with Crippen LogP contribution >= 0.6 is 0 Å². The van der Waals surface area contributed by atoms with E-state index >= 15 is 0 Å². The summed E-state index contributed by atoms with van der Waals surface area (Å²) in [5, 5.41) is 3.41. The van der Waals surface area contributed by atoms with Crippen molar-refractivity contribution in [1.82, 2.24) is 10.2 Å². The van der Waals surface area contributed by atoms with E-state index in [2.05, 4.69) is 22.3 Å². The fraction of sp³-hybridized carbons (Fsp3) is 0.923. The average Bonchev–Trinajstić information content (AvgIpc) is 3.18. The molecule has 17 heavy (non-hydrogen) atoms. The number of nitrogens with zero attached hydrogens (tertiary/aromatic N) is 2. The molecule has 0 aromatic heterocycles. The first-order valence-corrected chi connectivity index (χ1v) is 6.79. The Labute approximate surface area is 104 Å². The molecule has 0 aromatic rings. The van der Waals surface area contributed by atoms with Crippen LogP contribution in [0.5, 0.6) is 0 Å². The predicted molar refractivity (Wildman–Crippen MR) is 70.3 cm³/mol. The fourth-order valence-corrected chi connectivity index (χ4v) is 1.78. The summed E-state index contributed by atoms with van der Waals surface area (Å²) in [5.74, 6) is 2.73. The predicted octanol–water partition coefficient (Wildman–Crippen LogP) is 1.33. The molecule has 2 rings (SSSR count). The number of guanidine groups is 1. The van der Waals surface area contributed by atoms with Crippen LogP contribution in [-0.4, -0.2) is 51.3 Å². The number of rotatable bonds is 7. The highest BCUT2D eigenvalue weighted by atomic mass is 16.5. The van der Waals surface area contributed by atoms with Crippen molar-refractivity contribution in [3.05, 3.63) is 0 Å². The topological polar surface area (TPSA) is 36.9 Å². The van der Waals surface area contributed by atoms with Gasteiger partial charge < -0.3 is 15.0 Å². The van der Waals surface area contributed by atoms with Crippen LogP contribution in [0.2, 0.25) is 0 Å². The molecule has 0 saturated heterocycles. The molecule has 0 aromatic carbocycles. The SMILES string of the molecule is CN=C(NCC1CC1)N(C)CCOCC1CC1. The highest BCUT2D eigenvalue weighted by Gasteiger charge is 2.22. The zero-order valence-corrected chi connectivity index (χ0v) is 11.1. The van der Waals surface area contributed by atoms with Gasteiger partial charge in [-0.3, -0.25) is 4.99 Å². The number of nitrogens with one attached hydrogen (secondary N) is 1. The Kier molecular flexibility index (Phi) is 4.66. The van der Waals surface area contributed by atoms with Crippen LogP contribution < -0.4 is 5.32 Å². The van der Waals surface area contributed by atoms with Crippen LogP contribution in [0.3, 0.4) is 0 Å². The lowest BCUT2D eigenvalue weighted by atomic mass is 10.4. The molecule has 0 amide bonds. The van der Waals surface area contributed by atoms with Gasteiger partial charge in [-0.15, -0.1) is 0 Å². The molecule has 0 bridgehead atoms. The van der Waals surface area contributed by atoms with Gasteiger partial charge in [0, 0.05) is 33.8 Å². The van der Waals surface area contributed by atoms with Crippen molar-refractivity contribution >= 4 is 5.96 Å². The number of hydrogen-bond donors (Lipinski definition) is 1. The largest absolute Gasteiger partial charge is 0.379 e.